The van der Waals surface area contributed by atoms with Gasteiger partial charge in [-0.1, -0.05) is 0 Å². The van der Waals surface area contributed by atoms with Crippen molar-refractivity contribution in [2.45, 2.75) is 12.8 Å². The largest absolute Gasteiger partial charge is 0.488 e. The molecule has 88 valence electrons. The van der Waals surface area contributed by atoms with Gasteiger partial charge in [-0.15, -0.1) is 0 Å². The average Bonchev–Trinajstić information content (AvgIpc) is 2.32. The first kappa shape index (κ1) is 11.2. The van der Waals surface area contributed by atoms with E-state index in [0.29, 0.717) is 18.3 Å². The summed E-state index contributed by atoms with van der Waals surface area (Å²) in [6.45, 7) is 2.77. The predicted molar refractivity (Wildman–Crippen MR) is 62.8 cm³/mol. The highest BCUT2D eigenvalue weighted by molar-refractivity contribution is 5.17. The summed E-state index contributed by atoms with van der Waals surface area (Å²) in [5.41, 5.74) is -0.0352. The lowest BCUT2D eigenvalue weighted by Gasteiger charge is -2.22. The Kier molecular flexibility index (Phi) is 3.62. The van der Waals surface area contributed by atoms with Gasteiger partial charge in [-0.05, 0) is 31.8 Å². The summed E-state index contributed by atoms with van der Waals surface area (Å²) in [4.78, 5) is 11.5. The molecule has 0 amide bonds. The highest BCUT2D eigenvalue weighted by Crippen LogP contribution is 2.13. The summed E-state index contributed by atoms with van der Waals surface area (Å²) in [6.07, 6.45) is 5.74. The Labute approximate surface area is 95.2 Å². The molecule has 4 heteroatoms. The first-order chi connectivity index (χ1) is 7.75. The van der Waals surface area contributed by atoms with Crippen LogP contribution in [0.2, 0.25) is 0 Å². The molecule has 0 unspecified atom stereocenters. The Hall–Kier alpha value is -1.29. The van der Waals surface area contributed by atoms with E-state index in [0.717, 1.165) is 25.9 Å². The van der Waals surface area contributed by atoms with Gasteiger partial charge in [0, 0.05) is 25.5 Å². The third kappa shape index (κ3) is 2.85. The van der Waals surface area contributed by atoms with Crippen molar-refractivity contribution in [1.29, 1.82) is 0 Å². The highest BCUT2D eigenvalue weighted by Gasteiger charge is 2.14. The van der Waals surface area contributed by atoms with Crippen LogP contribution in [0.5, 0.6) is 5.75 Å². The molecule has 1 N–H and O–H groups in total. The minimum absolute atomic E-state index is 0.0352. The fourth-order valence-corrected chi connectivity index (χ4v) is 1.92. The lowest BCUT2D eigenvalue weighted by molar-refractivity contribution is 0.212. The number of nitrogens with one attached hydrogen (secondary N) is 1. The van der Waals surface area contributed by atoms with E-state index in [4.69, 9.17) is 4.74 Å². The summed E-state index contributed by atoms with van der Waals surface area (Å²) < 4.78 is 7.43. The lowest BCUT2D eigenvalue weighted by atomic mass is 9.99. The second kappa shape index (κ2) is 5.16. The number of ether oxygens (including phenoxy) is 1. The second-order valence-corrected chi connectivity index (χ2v) is 4.34. The molecule has 16 heavy (non-hydrogen) atoms. The van der Waals surface area contributed by atoms with E-state index in [-0.39, 0.29) is 5.43 Å². The Balaban J connectivity index is 1.93. The fraction of sp³-hybridized carbons (Fsp3) is 0.583. The minimum atomic E-state index is -0.0352. The van der Waals surface area contributed by atoms with Crippen LogP contribution in [-0.4, -0.2) is 24.3 Å². The summed E-state index contributed by atoms with van der Waals surface area (Å²) in [6, 6.07) is 1.54. The molecule has 2 rings (SSSR count). The number of nitrogens with zero attached hydrogens (tertiary/aromatic N) is 1. The number of hydrogen-bond donors (Lipinski definition) is 1. The van der Waals surface area contributed by atoms with Crippen LogP contribution >= 0.6 is 0 Å². The molecule has 1 aliphatic heterocycles. The maximum Gasteiger partial charge on any atom is 0.223 e. The third-order valence-corrected chi connectivity index (χ3v) is 2.96. The van der Waals surface area contributed by atoms with E-state index in [1.165, 1.54) is 6.07 Å². The molecule has 0 radical (unpaired) electrons. The van der Waals surface area contributed by atoms with Gasteiger partial charge in [0.1, 0.15) is 0 Å². The summed E-state index contributed by atoms with van der Waals surface area (Å²) >= 11 is 0. The van der Waals surface area contributed by atoms with Gasteiger partial charge in [0.25, 0.3) is 0 Å². The van der Waals surface area contributed by atoms with Gasteiger partial charge in [0.15, 0.2) is 5.75 Å². The van der Waals surface area contributed by atoms with Crippen LogP contribution in [0, 0.1) is 5.92 Å². The molecule has 0 saturated carbocycles. The van der Waals surface area contributed by atoms with E-state index < -0.39 is 0 Å². The first-order valence-electron chi connectivity index (χ1n) is 5.75. The van der Waals surface area contributed by atoms with Crippen LogP contribution < -0.4 is 15.5 Å². The number of rotatable bonds is 3. The van der Waals surface area contributed by atoms with E-state index in [1.54, 1.807) is 12.4 Å². The van der Waals surface area contributed by atoms with Crippen LogP contribution in [0.25, 0.3) is 0 Å². The molecule has 4 nitrogen and oxygen atoms in total. The molecule has 1 aromatic rings. The summed E-state index contributed by atoms with van der Waals surface area (Å²) in [7, 11) is 1.89. The zero-order chi connectivity index (χ0) is 11.4. The maximum absolute atomic E-state index is 11.5. The number of aryl methyl sites for hydroxylation is 1. The van der Waals surface area contributed by atoms with Gasteiger partial charge < -0.3 is 14.6 Å². The van der Waals surface area contributed by atoms with Gasteiger partial charge in [-0.3, -0.25) is 4.79 Å². The fourth-order valence-electron chi connectivity index (χ4n) is 1.92. The molecule has 0 aromatic carbocycles. The lowest BCUT2D eigenvalue weighted by Crippen LogP contribution is -2.31. The van der Waals surface area contributed by atoms with Crippen molar-refractivity contribution in [1.82, 2.24) is 9.88 Å². The standard InChI is InChI=1S/C12H18N2O2/c1-14-7-4-11(15)12(8-14)16-9-10-2-5-13-6-3-10/h4,7-8,10,13H,2-3,5-6,9H2,1H3. The van der Waals surface area contributed by atoms with Crippen molar-refractivity contribution < 1.29 is 4.74 Å². The quantitative estimate of drug-likeness (QED) is 0.821. The molecule has 0 bridgehead atoms. The van der Waals surface area contributed by atoms with Crippen molar-refractivity contribution in [2.75, 3.05) is 19.7 Å². The monoisotopic (exact) mass is 222 g/mol. The van der Waals surface area contributed by atoms with E-state index in [9.17, 15) is 4.79 Å². The van der Waals surface area contributed by atoms with Gasteiger partial charge >= 0.3 is 0 Å². The van der Waals surface area contributed by atoms with Crippen LogP contribution in [-0.2, 0) is 7.05 Å². The second-order valence-electron chi connectivity index (χ2n) is 4.34. The van der Waals surface area contributed by atoms with Gasteiger partial charge in [0.05, 0.1) is 6.61 Å². The zero-order valence-corrected chi connectivity index (χ0v) is 9.61. The molecule has 1 fully saturated rings. The molecular weight excluding hydrogens is 204 g/mol. The molecule has 0 aliphatic carbocycles. The Morgan fingerprint density at radius 2 is 2.25 bits per heavy atom. The van der Waals surface area contributed by atoms with Crippen molar-refractivity contribution in [3.8, 4) is 5.75 Å². The van der Waals surface area contributed by atoms with Gasteiger partial charge in [0.2, 0.25) is 5.43 Å². The Morgan fingerprint density at radius 3 is 3.00 bits per heavy atom. The first-order valence-corrected chi connectivity index (χ1v) is 5.75. The zero-order valence-electron chi connectivity index (χ0n) is 9.61. The van der Waals surface area contributed by atoms with Crippen LogP contribution in [0.15, 0.2) is 23.3 Å². The summed E-state index contributed by atoms with van der Waals surface area (Å²) in [5.74, 6) is 1.04. The van der Waals surface area contributed by atoms with Crippen LogP contribution in [0.3, 0.4) is 0 Å². The molecular formula is C12H18N2O2. The maximum atomic E-state index is 11.5. The predicted octanol–water partition coefficient (Wildman–Crippen LogP) is 0.764. The molecule has 1 saturated heterocycles. The average molecular weight is 222 g/mol. The van der Waals surface area contributed by atoms with E-state index in [1.807, 2.05) is 11.6 Å². The molecule has 2 heterocycles. The third-order valence-electron chi connectivity index (χ3n) is 2.96. The van der Waals surface area contributed by atoms with Crippen molar-refractivity contribution in [2.24, 2.45) is 13.0 Å². The van der Waals surface area contributed by atoms with Crippen LogP contribution in [0.1, 0.15) is 12.8 Å². The molecule has 0 spiro atoms. The normalized spacial score (nSPS) is 17.3. The Morgan fingerprint density at radius 1 is 1.50 bits per heavy atom. The Bertz CT molecular complexity index is 394. The van der Waals surface area contributed by atoms with Gasteiger partial charge in [-0.25, -0.2) is 0 Å². The number of pyridine rings is 1. The van der Waals surface area contributed by atoms with E-state index in [2.05, 4.69) is 5.32 Å². The van der Waals surface area contributed by atoms with Crippen molar-refractivity contribution >= 4 is 0 Å². The van der Waals surface area contributed by atoms with Gasteiger partial charge in [-0.2, -0.15) is 0 Å². The van der Waals surface area contributed by atoms with Crippen molar-refractivity contribution in [3.05, 3.63) is 28.7 Å². The molecule has 1 aromatic heterocycles. The molecule has 0 atom stereocenters. The van der Waals surface area contributed by atoms with Crippen molar-refractivity contribution in [3.63, 3.8) is 0 Å². The molecule has 1 aliphatic rings. The van der Waals surface area contributed by atoms with E-state index >= 15 is 0 Å². The highest BCUT2D eigenvalue weighted by atomic mass is 16.5. The number of aromatic nitrogens is 1. The topological polar surface area (TPSA) is 43.3 Å². The summed E-state index contributed by atoms with van der Waals surface area (Å²) in [5, 5.41) is 3.31. The number of piperidine rings is 1. The number of hydrogen-bond acceptors (Lipinski definition) is 3. The SMILES string of the molecule is Cn1ccc(=O)c(OCC2CCNCC2)c1. The smallest absolute Gasteiger partial charge is 0.223 e. The minimum Gasteiger partial charge on any atom is -0.488 e. The van der Waals surface area contributed by atoms with Crippen LogP contribution in [0.4, 0.5) is 0 Å².